The van der Waals surface area contributed by atoms with E-state index < -0.39 is 23.6 Å². The predicted molar refractivity (Wildman–Crippen MR) is 100 cm³/mol. The molecule has 2 atom stereocenters. The second-order valence-corrected chi connectivity index (χ2v) is 6.32. The molecule has 3 N–H and O–H groups in total. The molecule has 0 spiro atoms. The number of amides is 3. The molecule has 1 heterocycles. The highest BCUT2D eigenvalue weighted by Crippen LogP contribution is 2.27. The molecule has 2 rings (SSSR count). The van der Waals surface area contributed by atoms with E-state index in [0.717, 1.165) is 0 Å². The second-order valence-electron chi connectivity index (χ2n) is 6.32. The third kappa shape index (κ3) is 4.95. The average Bonchev–Trinajstić information content (AvgIpc) is 2.79. The SMILES string of the molecule is C/C=C(\C=C/COC1=CC=C(F)CC=C1)C(O)C1(CCC)NC(=O)NC1=O. The normalized spacial score (nSPS) is 24.2. The highest BCUT2D eigenvalue weighted by Gasteiger charge is 2.51. The molecule has 3 amide bonds. The minimum atomic E-state index is -1.38. The van der Waals surface area contributed by atoms with E-state index in [0.29, 0.717) is 24.2 Å². The van der Waals surface area contributed by atoms with Crippen LogP contribution in [0.15, 0.2) is 59.7 Å². The van der Waals surface area contributed by atoms with Crippen molar-refractivity contribution >= 4 is 11.9 Å². The molecule has 0 aromatic rings. The lowest BCUT2D eigenvalue weighted by Gasteiger charge is -2.31. The largest absolute Gasteiger partial charge is 0.490 e. The van der Waals surface area contributed by atoms with Gasteiger partial charge in [-0.1, -0.05) is 31.6 Å². The summed E-state index contributed by atoms with van der Waals surface area (Å²) in [5.74, 6) is -0.244. The van der Waals surface area contributed by atoms with Gasteiger partial charge in [0.1, 0.15) is 24.3 Å². The summed E-state index contributed by atoms with van der Waals surface area (Å²) in [5, 5.41) is 15.6. The van der Waals surface area contributed by atoms with Crippen LogP contribution >= 0.6 is 0 Å². The molecule has 1 aliphatic carbocycles. The van der Waals surface area contributed by atoms with Gasteiger partial charge in [-0.15, -0.1) is 0 Å². The summed E-state index contributed by atoms with van der Waals surface area (Å²) in [6, 6.07) is -0.609. The molecule has 2 aliphatic rings. The molecule has 1 saturated heterocycles. The van der Waals surface area contributed by atoms with Crippen LogP contribution in [-0.2, 0) is 9.53 Å². The van der Waals surface area contributed by atoms with E-state index in [-0.39, 0.29) is 18.9 Å². The smallest absolute Gasteiger partial charge is 0.322 e. The van der Waals surface area contributed by atoms with Crippen LogP contribution in [-0.4, -0.2) is 35.3 Å². The number of hydrogen-bond donors (Lipinski definition) is 3. The number of aliphatic hydroxyl groups excluding tert-OH is 1. The van der Waals surface area contributed by atoms with Gasteiger partial charge >= 0.3 is 6.03 Å². The van der Waals surface area contributed by atoms with E-state index in [1.54, 1.807) is 43.4 Å². The van der Waals surface area contributed by atoms with Gasteiger partial charge in [0.2, 0.25) is 0 Å². The van der Waals surface area contributed by atoms with Crippen LogP contribution < -0.4 is 10.6 Å². The Morgan fingerprint density at radius 2 is 2.22 bits per heavy atom. The lowest BCUT2D eigenvalue weighted by molar-refractivity contribution is -0.127. The Hall–Kier alpha value is -2.67. The Labute approximate surface area is 158 Å². The van der Waals surface area contributed by atoms with Gasteiger partial charge in [-0.3, -0.25) is 10.1 Å². The molecule has 2 unspecified atom stereocenters. The number of rotatable bonds is 8. The Kier molecular flexibility index (Phi) is 7.12. The van der Waals surface area contributed by atoms with E-state index >= 15 is 0 Å². The first kappa shape index (κ1) is 20.6. The number of aliphatic hydroxyl groups is 1. The third-order valence-corrected chi connectivity index (χ3v) is 4.41. The summed E-state index contributed by atoms with van der Waals surface area (Å²) < 4.78 is 18.7. The lowest BCUT2D eigenvalue weighted by atomic mass is 9.83. The fourth-order valence-electron chi connectivity index (χ4n) is 3.04. The van der Waals surface area contributed by atoms with Gasteiger partial charge in [0, 0.05) is 6.42 Å². The molecule has 0 bridgehead atoms. The molecule has 0 aromatic carbocycles. The van der Waals surface area contributed by atoms with Crippen molar-refractivity contribution in [1.82, 2.24) is 10.6 Å². The average molecular weight is 376 g/mol. The van der Waals surface area contributed by atoms with Crippen LogP contribution in [0.5, 0.6) is 0 Å². The van der Waals surface area contributed by atoms with Gasteiger partial charge in [0.25, 0.3) is 5.91 Å². The van der Waals surface area contributed by atoms with Crippen molar-refractivity contribution in [3.63, 3.8) is 0 Å². The van der Waals surface area contributed by atoms with Gasteiger partial charge < -0.3 is 15.2 Å². The zero-order valence-corrected chi connectivity index (χ0v) is 15.5. The number of urea groups is 1. The van der Waals surface area contributed by atoms with Crippen molar-refractivity contribution in [2.24, 2.45) is 0 Å². The van der Waals surface area contributed by atoms with Gasteiger partial charge in [0.05, 0.1) is 0 Å². The maximum atomic E-state index is 13.1. The van der Waals surface area contributed by atoms with Crippen molar-refractivity contribution in [3.05, 3.63) is 59.7 Å². The van der Waals surface area contributed by atoms with Crippen LogP contribution in [0, 0.1) is 0 Å². The lowest BCUT2D eigenvalue weighted by Crippen LogP contribution is -2.56. The summed E-state index contributed by atoms with van der Waals surface area (Å²) >= 11 is 0. The second kappa shape index (κ2) is 9.32. The van der Waals surface area contributed by atoms with E-state index in [2.05, 4.69) is 10.6 Å². The maximum Gasteiger partial charge on any atom is 0.322 e. The molecule has 0 saturated carbocycles. The highest BCUT2D eigenvalue weighted by atomic mass is 19.1. The van der Waals surface area contributed by atoms with Gasteiger partial charge in [-0.2, -0.15) is 0 Å². The molecule has 1 fully saturated rings. The van der Waals surface area contributed by atoms with Crippen molar-refractivity contribution in [2.45, 2.75) is 44.8 Å². The Morgan fingerprint density at radius 1 is 1.44 bits per heavy atom. The minimum Gasteiger partial charge on any atom is -0.490 e. The highest BCUT2D eigenvalue weighted by molar-refractivity contribution is 6.07. The van der Waals surface area contributed by atoms with Crippen LogP contribution in [0.1, 0.15) is 33.1 Å². The zero-order chi connectivity index (χ0) is 19.9. The molecule has 6 nitrogen and oxygen atoms in total. The van der Waals surface area contributed by atoms with Crippen LogP contribution in [0.4, 0.5) is 9.18 Å². The van der Waals surface area contributed by atoms with Gasteiger partial charge in [-0.05, 0) is 43.2 Å². The molecule has 146 valence electrons. The first-order valence-corrected chi connectivity index (χ1v) is 8.93. The third-order valence-electron chi connectivity index (χ3n) is 4.41. The van der Waals surface area contributed by atoms with Gasteiger partial charge in [0.15, 0.2) is 5.54 Å². The Balaban J connectivity index is 2.04. The number of carbonyl (C=O) groups excluding carboxylic acids is 2. The molecular formula is C20H25FN2O4. The molecule has 7 heteroatoms. The van der Waals surface area contributed by atoms with Crippen molar-refractivity contribution in [2.75, 3.05) is 6.61 Å². The predicted octanol–water partition coefficient (Wildman–Crippen LogP) is 2.94. The fourth-order valence-corrected chi connectivity index (χ4v) is 3.04. The van der Waals surface area contributed by atoms with Crippen LogP contribution in [0.3, 0.4) is 0 Å². The molecule has 27 heavy (non-hydrogen) atoms. The Bertz CT molecular complexity index is 736. The first-order chi connectivity index (χ1) is 12.9. The first-order valence-electron chi connectivity index (χ1n) is 8.93. The molecule has 0 aromatic heterocycles. The topological polar surface area (TPSA) is 87.7 Å². The summed E-state index contributed by atoms with van der Waals surface area (Å²) in [6.07, 6.45) is 11.2. The minimum absolute atomic E-state index is 0.203. The monoisotopic (exact) mass is 376 g/mol. The van der Waals surface area contributed by atoms with Gasteiger partial charge in [-0.25, -0.2) is 9.18 Å². The number of hydrogen-bond acceptors (Lipinski definition) is 4. The standard InChI is InChI=1S/C20H25FN2O4/c1-3-12-20(18(25)22-19(26)23-20)17(24)14(4-2)7-6-13-27-16-9-5-8-15(21)10-11-16/h4-7,9-11,17,24H,3,8,12-13H2,1-2H3,(H2,22,23,25,26)/b7-6-,14-4+. The number of halogens is 1. The van der Waals surface area contributed by atoms with Crippen LogP contribution in [0.2, 0.25) is 0 Å². The number of allylic oxidation sites excluding steroid dienone is 6. The molecule has 0 radical (unpaired) electrons. The zero-order valence-electron chi connectivity index (χ0n) is 15.5. The summed E-state index contributed by atoms with van der Waals surface area (Å²) in [6.45, 7) is 3.81. The van der Waals surface area contributed by atoms with E-state index in [1.165, 1.54) is 6.08 Å². The van der Waals surface area contributed by atoms with E-state index in [1.807, 2.05) is 6.92 Å². The quantitative estimate of drug-likeness (QED) is 0.449. The van der Waals surface area contributed by atoms with E-state index in [4.69, 9.17) is 4.74 Å². The van der Waals surface area contributed by atoms with Crippen molar-refractivity contribution in [1.29, 1.82) is 0 Å². The van der Waals surface area contributed by atoms with Crippen LogP contribution in [0.25, 0.3) is 0 Å². The Morgan fingerprint density at radius 3 is 2.85 bits per heavy atom. The summed E-state index contributed by atoms with van der Waals surface area (Å²) in [5.41, 5.74) is -0.894. The summed E-state index contributed by atoms with van der Waals surface area (Å²) in [7, 11) is 0. The molecular weight excluding hydrogens is 351 g/mol. The van der Waals surface area contributed by atoms with Crippen molar-refractivity contribution < 1.29 is 23.8 Å². The number of ether oxygens (including phenoxy) is 1. The number of carbonyl (C=O) groups is 2. The summed E-state index contributed by atoms with van der Waals surface area (Å²) in [4.78, 5) is 23.9. The fraction of sp³-hybridized carbons (Fsp3) is 0.400. The number of nitrogens with one attached hydrogen (secondary N) is 2. The molecule has 1 aliphatic heterocycles. The van der Waals surface area contributed by atoms with E-state index in [9.17, 15) is 19.1 Å². The maximum absolute atomic E-state index is 13.1. The number of imide groups is 1. The van der Waals surface area contributed by atoms with Crippen molar-refractivity contribution in [3.8, 4) is 0 Å².